The molecule has 0 N–H and O–H groups in total. The average molecular weight is 389 g/mol. The Balaban J connectivity index is 1.69. The lowest BCUT2D eigenvalue weighted by atomic mass is 9.72. The number of hydrogen-bond donors (Lipinski definition) is 0. The van der Waals surface area contributed by atoms with Gasteiger partial charge in [-0.25, -0.2) is 0 Å². The maximum absolute atomic E-state index is 11.1. The molecule has 1 saturated carbocycles. The van der Waals surface area contributed by atoms with E-state index in [2.05, 4.69) is 51.7 Å². The zero-order valence-corrected chi connectivity index (χ0v) is 17.9. The minimum Gasteiger partial charge on any atom is -0.487 e. The molecule has 2 aromatic rings. The molecule has 0 radical (unpaired) electrons. The first-order valence-corrected chi connectivity index (χ1v) is 10.3. The maximum atomic E-state index is 11.1. The van der Waals surface area contributed by atoms with E-state index in [1.54, 1.807) is 12.1 Å². The van der Waals surface area contributed by atoms with Crippen molar-refractivity contribution in [1.82, 2.24) is 0 Å². The first-order valence-electron chi connectivity index (χ1n) is 10.3. The van der Waals surface area contributed by atoms with Gasteiger partial charge >= 0.3 is 5.97 Å². The van der Waals surface area contributed by atoms with Gasteiger partial charge in [-0.3, -0.25) is 4.79 Å². The van der Waals surface area contributed by atoms with Crippen LogP contribution in [0.4, 0.5) is 0 Å². The summed E-state index contributed by atoms with van der Waals surface area (Å²) < 4.78 is 11.5. The summed E-state index contributed by atoms with van der Waals surface area (Å²) in [6, 6.07) is 11.7. The summed E-state index contributed by atoms with van der Waals surface area (Å²) in [5, 5.41) is 0. The minimum absolute atomic E-state index is 0.0457. The van der Waals surface area contributed by atoms with Crippen LogP contribution in [0.25, 0.3) is 0 Å². The second-order valence-corrected chi connectivity index (χ2v) is 9.51. The van der Waals surface area contributed by atoms with Crippen LogP contribution < -0.4 is 9.47 Å². The van der Waals surface area contributed by atoms with Crippen LogP contribution in [0.3, 0.4) is 0 Å². The van der Waals surface area contributed by atoms with Crippen LogP contribution in [0, 0.1) is 11.8 Å². The summed E-state index contributed by atoms with van der Waals surface area (Å²) in [7, 11) is 0. The van der Waals surface area contributed by atoms with Crippen molar-refractivity contribution in [1.29, 1.82) is 0 Å². The highest BCUT2D eigenvalue weighted by molar-refractivity contribution is 5.69. The highest BCUT2D eigenvalue weighted by Crippen LogP contribution is 2.52. The third-order valence-electron chi connectivity index (χ3n) is 5.58. The van der Waals surface area contributed by atoms with Crippen molar-refractivity contribution in [3.05, 3.63) is 58.7 Å². The van der Waals surface area contributed by atoms with E-state index in [4.69, 9.17) is 9.47 Å². The summed E-state index contributed by atoms with van der Waals surface area (Å²) in [6.45, 7) is 10.4. The van der Waals surface area contributed by atoms with Gasteiger partial charge in [-0.15, -0.1) is 0 Å². The highest BCUT2D eigenvalue weighted by atomic mass is 16.5. The van der Waals surface area contributed by atoms with E-state index >= 15 is 0 Å². The number of benzene rings is 2. The van der Waals surface area contributed by atoms with Crippen molar-refractivity contribution in [2.75, 3.05) is 0 Å². The van der Waals surface area contributed by atoms with Crippen LogP contribution in [0.1, 0.15) is 82.1 Å². The lowest BCUT2D eigenvalue weighted by Crippen LogP contribution is -2.41. The predicted molar refractivity (Wildman–Crippen MR) is 114 cm³/mol. The quantitative estimate of drug-likeness (QED) is 0.374. The number of hydrogen-bond acceptors (Lipinski definition) is 3. The Labute approximate surface area is 173 Å². The molecule has 4 rings (SSSR count). The Morgan fingerprint density at radius 3 is 2.31 bits per heavy atom. The van der Waals surface area contributed by atoms with Gasteiger partial charge in [0.05, 0.1) is 0 Å². The molecule has 2 aliphatic rings. The monoisotopic (exact) mass is 388 g/mol. The molecule has 1 aliphatic heterocycles. The molecule has 1 fully saturated rings. The van der Waals surface area contributed by atoms with Crippen LogP contribution in [0.5, 0.6) is 11.5 Å². The third kappa shape index (κ3) is 4.32. The molecule has 150 valence electrons. The topological polar surface area (TPSA) is 35.5 Å². The maximum Gasteiger partial charge on any atom is 0.308 e. The minimum atomic E-state index is -0.321. The van der Waals surface area contributed by atoms with Gasteiger partial charge in [-0.1, -0.05) is 25.7 Å². The zero-order chi connectivity index (χ0) is 20.8. The largest absolute Gasteiger partial charge is 0.487 e. The fourth-order valence-electron chi connectivity index (χ4n) is 4.43. The Bertz CT molecular complexity index is 1010. The SMILES string of the molecule is CC(=O)Oc1ccc(C#Cc2cc(C3CC3)c3c(c2)C(C)(C)CC(C)(C)O3)cc1. The highest BCUT2D eigenvalue weighted by Gasteiger charge is 2.42. The van der Waals surface area contributed by atoms with E-state index in [0.29, 0.717) is 11.7 Å². The lowest BCUT2D eigenvalue weighted by Gasteiger charge is -2.43. The third-order valence-corrected chi connectivity index (χ3v) is 5.58. The molecular formula is C26H28O3. The predicted octanol–water partition coefficient (Wildman–Crippen LogP) is 5.73. The average Bonchev–Trinajstić information content (AvgIpc) is 3.44. The van der Waals surface area contributed by atoms with Gasteiger partial charge in [0.2, 0.25) is 0 Å². The number of esters is 1. The Hall–Kier alpha value is -2.73. The van der Waals surface area contributed by atoms with Crippen molar-refractivity contribution in [3.63, 3.8) is 0 Å². The van der Waals surface area contributed by atoms with Crippen LogP contribution in [0.2, 0.25) is 0 Å². The van der Waals surface area contributed by atoms with Crippen molar-refractivity contribution >= 4 is 5.97 Å². The molecule has 1 heterocycles. The summed E-state index contributed by atoms with van der Waals surface area (Å²) in [5.41, 5.74) is 4.41. The summed E-state index contributed by atoms with van der Waals surface area (Å²) >= 11 is 0. The molecule has 3 nitrogen and oxygen atoms in total. The number of rotatable bonds is 2. The Kier molecular flexibility index (Phi) is 4.69. The Morgan fingerprint density at radius 1 is 1.03 bits per heavy atom. The summed E-state index contributed by atoms with van der Waals surface area (Å²) in [5.74, 6) is 8.49. The van der Waals surface area contributed by atoms with E-state index in [1.165, 1.54) is 30.9 Å². The van der Waals surface area contributed by atoms with Crippen molar-refractivity contribution < 1.29 is 14.3 Å². The van der Waals surface area contributed by atoms with Gasteiger partial charge in [0, 0.05) is 23.6 Å². The normalized spacial score (nSPS) is 18.7. The second-order valence-electron chi connectivity index (χ2n) is 9.51. The van der Waals surface area contributed by atoms with E-state index < -0.39 is 0 Å². The molecule has 0 atom stereocenters. The van der Waals surface area contributed by atoms with E-state index in [1.807, 2.05) is 12.1 Å². The standard InChI is InChI=1S/C26H28O3/c1-17(27)28-21-12-8-18(9-13-21)6-7-19-14-22(20-10-11-20)24-23(15-19)25(2,3)16-26(4,5)29-24/h8-9,12-15,20H,10-11,16H2,1-5H3. The second kappa shape index (κ2) is 6.95. The molecule has 0 amide bonds. The van der Waals surface area contributed by atoms with Crippen LogP contribution >= 0.6 is 0 Å². The summed E-state index contributed by atoms with van der Waals surface area (Å²) in [4.78, 5) is 11.1. The van der Waals surface area contributed by atoms with E-state index in [9.17, 15) is 4.79 Å². The number of carbonyl (C=O) groups excluding carboxylic acids is 1. The molecule has 0 saturated heterocycles. The molecule has 0 spiro atoms. The van der Waals surface area contributed by atoms with Gasteiger partial charge in [0.1, 0.15) is 17.1 Å². The lowest BCUT2D eigenvalue weighted by molar-refractivity contribution is -0.131. The van der Waals surface area contributed by atoms with Crippen LogP contribution in [0.15, 0.2) is 36.4 Å². The van der Waals surface area contributed by atoms with Crippen LogP contribution in [-0.2, 0) is 10.2 Å². The van der Waals surface area contributed by atoms with E-state index in [-0.39, 0.29) is 17.0 Å². The van der Waals surface area contributed by atoms with Gasteiger partial charge in [-0.05, 0) is 86.4 Å². The summed E-state index contributed by atoms with van der Waals surface area (Å²) in [6.07, 6.45) is 3.43. The smallest absolute Gasteiger partial charge is 0.308 e. The number of carbonyl (C=O) groups is 1. The van der Waals surface area contributed by atoms with Gasteiger partial charge in [-0.2, -0.15) is 0 Å². The van der Waals surface area contributed by atoms with Crippen molar-refractivity contribution in [2.24, 2.45) is 0 Å². The first-order chi connectivity index (χ1) is 13.6. The zero-order valence-electron chi connectivity index (χ0n) is 17.9. The molecule has 29 heavy (non-hydrogen) atoms. The molecule has 3 heteroatoms. The van der Waals surface area contributed by atoms with Crippen molar-refractivity contribution in [2.45, 2.75) is 70.8 Å². The number of fused-ring (bicyclic) bond motifs is 1. The molecule has 1 aliphatic carbocycles. The fourth-order valence-corrected chi connectivity index (χ4v) is 4.43. The first kappa shape index (κ1) is 19.6. The number of ether oxygens (including phenoxy) is 2. The molecular weight excluding hydrogens is 360 g/mol. The fraction of sp³-hybridized carbons (Fsp3) is 0.423. The van der Waals surface area contributed by atoms with Gasteiger partial charge in [0.15, 0.2) is 0 Å². The molecule has 0 aromatic heterocycles. The molecule has 0 unspecified atom stereocenters. The van der Waals surface area contributed by atoms with E-state index in [0.717, 1.165) is 23.3 Å². The van der Waals surface area contributed by atoms with Crippen LogP contribution in [-0.4, -0.2) is 11.6 Å². The molecule has 2 aromatic carbocycles. The van der Waals surface area contributed by atoms with Gasteiger partial charge in [0.25, 0.3) is 0 Å². The molecule has 0 bridgehead atoms. The Morgan fingerprint density at radius 2 is 1.69 bits per heavy atom. The van der Waals surface area contributed by atoms with Crippen molar-refractivity contribution in [3.8, 4) is 23.3 Å². The van der Waals surface area contributed by atoms with Gasteiger partial charge < -0.3 is 9.47 Å².